The van der Waals surface area contributed by atoms with E-state index in [1.54, 1.807) is 0 Å². The van der Waals surface area contributed by atoms with Crippen LogP contribution in [0.4, 0.5) is 13.2 Å². The summed E-state index contributed by atoms with van der Waals surface area (Å²) in [5, 5.41) is 9.01. The van der Waals surface area contributed by atoms with Crippen LogP contribution in [0.15, 0.2) is 18.2 Å². The van der Waals surface area contributed by atoms with Crippen LogP contribution in [0.25, 0.3) is 0 Å². The van der Waals surface area contributed by atoms with Crippen molar-refractivity contribution in [3.05, 3.63) is 23.8 Å². The predicted octanol–water partition coefficient (Wildman–Crippen LogP) is 4.65. The van der Waals surface area contributed by atoms with Crippen LogP contribution in [-0.4, -0.2) is 11.5 Å². The maximum atomic E-state index is 11.7. The summed E-state index contributed by atoms with van der Waals surface area (Å²) in [5.74, 6) is -0.391. The predicted molar refractivity (Wildman–Crippen MR) is 62.2 cm³/mol. The fourth-order valence-electron chi connectivity index (χ4n) is 0.825. The molecule has 1 N–H and O–H groups in total. The Morgan fingerprint density at radius 1 is 1.06 bits per heavy atom. The van der Waals surface area contributed by atoms with Gasteiger partial charge in [0.25, 0.3) is 0 Å². The number of aromatic hydroxyl groups is 1. The largest absolute Gasteiger partial charge is 0.573 e. The van der Waals surface area contributed by atoms with E-state index in [1.165, 1.54) is 6.92 Å². The average molecular weight is 252 g/mol. The molecule has 0 aliphatic carbocycles. The van der Waals surface area contributed by atoms with Gasteiger partial charge in [0.15, 0.2) is 0 Å². The van der Waals surface area contributed by atoms with E-state index < -0.39 is 6.36 Å². The SMILES string of the molecule is CC.CC.Cc1cc(OC(F)(F)F)ccc1O. The molecule has 0 spiro atoms. The lowest BCUT2D eigenvalue weighted by Gasteiger charge is -2.09. The molecule has 1 aromatic carbocycles. The third kappa shape index (κ3) is 8.42. The fraction of sp³-hybridized carbons (Fsp3) is 0.500. The summed E-state index contributed by atoms with van der Waals surface area (Å²) in [7, 11) is 0. The van der Waals surface area contributed by atoms with Gasteiger partial charge in [0.1, 0.15) is 11.5 Å². The summed E-state index contributed by atoms with van der Waals surface area (Å²) < 4.78 is 38.7. The molecule has 0 aliphatic heterocycles. The van der Waals surface area contributed by atoms with Crippen molar-refractivity contribution in [3.63, 3.8) is 0 Å². The summed E-state index contributed by atoms with van der Waals surface area (Å²) in [6.45, 7) is 9.48. The number of alkyl halides is 3. The number of rotatable bonds is 1. The van der Waals surface area contributed by atoms with Gasteiger partial charge < -0.3 is 9.84 Å². The van der Waals surface area contributed by atoms with E-state index in [-0.39, 0.29) is 11.5 Å². The molecule has 0 atom stereocenters. The zero-order chi connectivity index (χ0) is 14.1. The Labute approximate surface area is 100 Å². The molecule has 0 amide bonds. The lowest BCUT2D eigenvalue weighted by molar-refractivity contribution is -0.274. The topological polar surface area (TPSA) is 29.5 Å². The lowest BCUT2D eigenvalue weighted by atomic mass is 10.2. The third-order valence-corrected chi connectivity index (χ3v) is 1.40. The smallest absolute Gasteiger partial charge is 0.508 e. The molecular weight excluding hydrogens is 233 g/mol. The Balaban J connectivity index is 0. The van der Waals surface area contributed by atoms with Crippen LogP contribution in [0.2, 0.25) is 0 Å². The molecule has 0 aromatic heterocycles. The van der Waals surface area contributed by atoms with Gasteiger partial charge >= 0.3 is 6.36 Å². The number of aryl methyl sites for hydroxylation is 1. The zero-order valence-electron chi connectivity index (χ0n) is 10.7. The Morgan fingerprint density at radius 3 is 1.88 bits per heavy atom. The molecule has 0 radical (unpaired) electrons. The van der Waals surface area contributed by atoms with Crippen molar-refractivity contribution in [2.75, 3.05) is 0 Å². The van der Waals surface area contributed by atoms with Crippen molar-refractivity contribution in [2.24, 2.45) is 0 Å². The molecular formula is C12H19F3O2. The first-order valence-corrected chi connectivity index (χ1v) is 5.44. The lowest BCUT2D eigenvalue weighted by Crippen LogP contribution is -2.17. The van der Waals surface area contributed by atoms with Crippen LogP contribution in [0.1, 0.15) is 33.3 Å². The standard InChI is InChI=1S/C8H7F3O2.2C2H6/c1-5-4-6(2-3-7(5)12)13-8(9,10)11;2*1-2/h2-4,12H,1H3;2*1-2H3. The van der Waals surface area contributed by atoms with E-state index in [0.29, 0.717) is 5.56 Å². The number of ether oxygens (including phenoxy) is 1. The summed E-state index contributed by atoms with van der Waals surface area (Å²) in [6.07, 6.45) is -4.69. The highest BCUT2D eigenvalue weighted by atomic mass is 19.4. The molecule has 1 rings (SSSR count). The van der Waals surface area contributed by atoms with Crippen LogP contribution < -0.4 is 4.74 Å². The van der Waals surface area contributed by atoms with Gasteiger partial charge in [-0.3, -0.25) is 0 Å². The van der Waals surface area contributed by atoms with Gasteiger partial charge in [-0.05, 0) is 30.7 Å². The second-order valence-corrected chi connectivity index (χ2v) is 2.50. The van der Waals surface area contributed by atoms with E-state index in [9.17, 15) is 13.2 Å². The van der Waals surface area contributed by atoms with Gasteiger partial charge in [-0.1, -0.05) is 27.7 Å². The highest BCUT2D eigenvalue weighted by molar-refractivity contribution is 5.38. The van der Waals surface area contributed by atoms with Crippen LogP contribution in [-0.2, 0) is 0 Å². The first-order chi connectivity index (χ1) is 7.88. The maximum Gasteiger partial charge on any atom is 0.573 e. The molecule has 0 saturated heterocycles. The Hall–Kier alpha value is -1.39. The first-order valence-electron chi connectivity index (χ1n) is 5.44. The van der Waals surface area contributed by atoms with E-state index in [0.717, 1.165) is 18.2 Å². The Kier molecular flexibility index (Phi) is 9.23. The molecule has 17 heavy (non-hydrogen) atoms. The number of hydrogen-bond donors (Lipinski definition) is 1. The molecule has 0 saturated carbocycles. The fourth-order valence-corrected chi connectivity index (χ4v) is 0.825. The minimum Gasteiger partial charge on any atom is -0.508 e. The molecule has 0 heterocycles. The van der Waals surface area contributed by atoms with Crippen molar-refractivity contribution < 1.29 is 23.0 Å². The minimum absolute atomic E-state index is 0.0606. The van der Waals surface area contributed by atoms with Crippen LogP contribution >= 0.6 is 0 Å². The molecule has 0 bridgehead atoms. The first kappa shape index (κ1) is 18.0. The zero-order valence-corrected chi connectivity index (χ0v) is 10.7. The number of phenols is 1. The maximum absolute atomic E-state index is 11.7. The summed E-state index contributed by atoms with van der Waals surface area (Å²) >= 11 is 0. The molecule has 5 heteroatoms. The van der Waals surface area contributed by atoms with Crippen LogP contribution in [0, 0.1) is 6.92 Å². The third-order valence-electron chi connectivity index (χ3n) is 1.40. The van der Waals surface area contributed by atoms with Gasteiger partial charge in [0, 0.05) is 0 Å². The number of halogens is 3. The molecule has 100 valence electrons. The summed E-state index contributed by atoms with van der Waals surface area (Å²) in [5.41, 5.74) is 0.335. The quantitative estimate of drug-likeness (QED) is 0.788. The van der Waals surface area contributed by atoms with Gasteiger partial charge in [0.05, 0.1) is 0 Å². The van der Waals surface area contributed by atoms with E-state index in [2.05, 4.69) is 4.74 Å². The van der Waals surface area contributed by atoms with E-state index >= 15 is 0 Å². The second-order valence-electron chi connectivity index (χ2n) is 2.50. The van der Waals surface area contributed by atoms with Crippen molar-refractivity contribution in [1.29, 1.82) is 0 Å². The van der Waals surface area contributed by atoms with E-state index in [4.69, 9.17) is 5.11 Å². The Bertz CT molecular complexity index is 309. The van der Waals surface area contributed by atoms with Crippen LogP contribution in [0.3, 0.4) is 0 Å². The van der Waals surface area contributed by atoms with Gasteiger partial charge in [0.2, 0.25) is 0 Å². The monoisotopic (exact) mass is 252 g/mol. The molecule has 1 aromatic rings. The number of phenolic OH excluding ortho intramolecular Hbond substituents is 1. The highest BCUT2D eigenvalue weighted by Gasteiger charge is 2.31. The van der Waals surface area contributed by atoms with Crippen LogP contribution in [0.5, 0.6) is 11.5 Å². The minimum atomic E-state index is -4.69. The molecule has 0 fully saturated rings. The van der Waals surface area contributed by atoms with Crippen molar-refractivity contribution in [1.82, 2.24) is 0 Å². The molecule has 0 unspecified atom stereocenters. The molecule has 2 nitrogen and oxygen atoms in total. The normalized spacial score (nSPS) is 9.41. The average Bonchev–Trinajstić information content (AvgIpc) is 2.27. The van der Waals surface area contributed by atoms with Crippen molar-refractivity contribution in [3.8, 4) is 11.5 Å². The van der Waals surface area contributed by atoms with Crippen molar-refractivity contribution in [2.45, 2.75) is 41.0 Å². The van der Waals surface area contributed by atoms with Gasteiger partial charge in [-0.25, -0.2) is 0 Å². The highest BCUT2D eigenvalue weighted by Crippen LogP contribution is 2.26. The van der Waals surface area contributed by atoms with Gasteiger partial charge in [-0.15, -0.1) is 13.2 Å². The van der Waals surface area contributed by atoms with Crippen molar-refractivity contribution >= 4 is 0 Å². The second kappa shape index (κ2) is 8.73. The summed E-state index contributed by atoms with van der Waals surface area (Å²) in [6, 6.07) is 3.31. The van der Waals surface area contributed by atoms with Gasteiger partial charge in [-0.2, -0.15) is 0 Å². The number of benzene rings is 1. The number of hydrogen-bond acceptors (Lipinski definition) is 2. The summed E-state index contributed by atoms with van der Waals surface area (Å²) in [4.78, 5) is 0. The molecule has 0 aliphatic rings. The van der Waals surface area contributed by atoms with E-state index in [1.807, 2.05) is 27.7 Å². The Morgan fingerprint density at radius 2 is 1.53 bits per heavy atom.